The van der Waals surface area contributed by atoms with E-state index in [1.807, 2.05) is 0 Å². The molecule has 0 unspecified atom stereocenters. The van der Waals surface area contributed by atoms with Gasteiger partial charge in [-0.2, -0.15) is 4.99 Å². The van der Waals surface area contributed by atoms with E-state index in [9.17, 15) is 24.5 Å². The standard InChI is InChI=1S/C24H21N5O7/c1-3-36-24(32)18-14-17-20(25-19-6-4-5-11-27(19)23(17)31)28(12-13-35-2)21(18)26-22(30)15-7-9-16(10-8-15)29(33)34/h4-11,14H,3,12-13H2,1-2H3. The molecule has 0 aliphatic rings. The second-order valence-electron chi connectivity index (χ2n) is 7.55. The van der Waals surface area contributed by atoms with Crippen LogP contribution in [0.25, 0.3) is 16.7 Å². The molecule has 0 aliphatic carbocycles. The van der Waals surface area contributed by atoms with Crippen molar-refractivity contribution >= 4 is 34.2 Å². The van der Waals surface area contributed by atoms with Crippen LogP contribution in [-0.2, 0) is 16.0 Å². The van der Waals surface area contributed by atoms with Crippen molar-refractivity contribution in [2.75, 3.05) is 20.3 Å². The highest BCUT2D eigenvalue weighted by Crippen LogP contribution is 2.14. The van der Waals surface area contributed by atoms with Crippen molar-refractivity contribution in [3.63, 3.8) is 0 Å². The Morgan fingerprint density at radius 3 is 2.58 bits per heavy atom. The summed E-state index contributed by atoms with van der Waals surface area (Å²) in [5.74, 6) is -1.53. The maximum absolute atomic E-state index is 13.3. The van der Waals surface area contributed by atoms with E-state index in [-0.39, 0.29) is 53.1 Å². The van der Waals surface area contributed by atoms with Gasteiger partial charge in [-0.1, -0.05) is 6.07 Å². The summed E-state index contributed by atoms with van der Waals surface area (Å²) in [6.45, 7) is 1.96. The zero-order valence-corrected chi connectivity index (χ0v) is 19.4. The van der Waals surface area contributed by atoms with Crippen molar-refractivity contribution in [1.29, 1.82) is 0 Å². The number of carbonyl (C=O) groups is 2. The van der Waals surface area contributed by atoms with Crippen molar-refractivity contribution in [2.45, 2.75) is 13.5 Å². The number of hydrogen-bond donors (Lipinski definition) is 0. The van der Waals surface area contributed by atoms with Gasteiger partial charge in [0.25, 0.3) is 17.2 Å². The molecule has 1 aromatic carbocycles. The SMILES string of the molecule is CCOC(=O)c1cc2c(=O)n3ccccc3nc2n(CCOC)c1=NC(=O)c1ccc([N+](=O)[O-])cc1. The van der Waals surface area contributed by atoms with Gasteiger partial charge in [0.05, 0.1) is 23.5 Å². The number of fused-ring (bicyclic) bond motifs is 2. The fraction of sp³-hybridized carbons (Fsp3) is 0.208. The number of nitro groups is 1. The Kier molecular flexibility index (Phi) is 6.97. The lowest BCUT2D eigenvalue weighted by Crippen LogP contribution is -2.33. The summed E-state index contributed by atoms with van der Waals surface area (Å²) in [7, 11) is 1.48. The van der Waals surface area contributed by atoms with Crippen LogP contribution in [-0.4, -0.2) is 51.1 Å². The van der Waals surface area contributed by atoms with Gasteiger partial charge in [0.1, 0.15) is 16.9 Å². The van der Waals surface area contributed by atoms with E-state index in [1.165, 1.54) is 46.4 Å². The number of non-ortho nitro benzene ring substituents is 1. The number of methoxy groups -OCH3 is 1. The van der Waals surface area contributed by atoms with E-state index in [0.717, 1.165) is 0 Å². The summed E-state index contributed by atoms with van der Waals surface area (Å²) in [6.07, 6.45) is 1.56. The van der Waals surface area contributed by atoms with Crippen LogP contribution >= 0.6 is 0 Å². The summed E-state index contributed by atoms with van der Waals surface area (Å²) in [5, 5.41) is 11.1. The number of pyridine rings is 2. The van der Waals surface area contributed by atoms with Crippen LogP contribution in [0.5, 0.6) is 0 Å². The molecular formula is C24H21N5O7. The van der Waals surface area contributed by atoms with Gasteiger partial charge in [0, 0.05) is 37.5 Å². The molecule has 36 heavy (non-hydrogen) atoms. The van der Waals surface area contributed by atoms with Crippen molar-refractivity contribution in [2.24, 2.45) is 4.99 Å². The first-order chi connectivity index (χ1) is 17.3. The van der Waals surface area contributed by atoms with Gasteiger partial charge >= 0.3 is 5.97 Å². The number of amides is 1. The molecule has 0 saturated carbocycles. The highest BCUT2D eigenvalue weighted by atomic mass is 16.6. The highest BCUT2D eigenvalue weighted by Gasteiger charge is 2.20. The van der Waals surface area contributed by atoms with E-state index in [1.54, 1.807) is 31.3 Å². The Labute approximate surface area is 203 Å². The Morgan fingerprint density at radius 2 is 1.92 bits per heavy atom. The lowest BCUT2D eigenvalue weighted by molar-refractivity contribution is -0.384. The van der Waals surface area contributed by atoms with E-state index in [2.05, 4.69) is 9.98 Å². The number of esters is 1. The van der Waals surface area contributed by atoms with E-state index >= 15 is 0 Å². The van der Waals surface area contributed by atoms with Gasteiger partial charge in [-0.25, -0.2) is 9.78 Å². The number of benzene rings is 1. The predicted octanol–water partition coefficient (Wildman–Crippen LogP) is 2.12. The van der Waals surface area contributed by atoms with Crippen molar-refractivity contribution in [3.05, 3.63) is 91.8 Å². The summed E-state index contributed by atoms with van der Waals surface area (Å²) in [6, 6.07) is 11.3. The molecule has 0 saturated heterocycles. The second-order valence-corrected chi connectivity index (χ2v) is 7.55. The zero-order chi connectivity index (χ0) is 25.8. The second kappa shape index (κ2) is 10.3. The maximum Gasteiger partial charge on any atom is 0.341 e. The first kappa shape index (κ1) is 24.4. The summed E-state index contributed by atoms with van der Waals surface area (Å²) in [5.41, 5.74) is -0.152. The summed E-state index contributed by atoms with van der Waals surface area (Å²) < 4.78 is 13.2. The summed E-state index contributed by atoms with van der Waals surface area (Å²) >= 11 is 0. The fourth-order valence-corrected chi connectivity index (χ4v) is 3.64. The normalized spacial score (nSPS) is 11.7. The first-order valence-corrected chi connectivity index (χ1v) is 10.9. The van der Waals surface area contributed by atoms with E-state index in [4.69, 9.17) is 9.47 Å². The fourth-order valence-electron chi connectivity index (χ4n) is 3.64. The van der Waals surface area contributed by atoms with Gasteiger partial charge in [-0.15, -0.1) is 0 Å². The molecule has 3 heterocycles. The molecule has 3 aromatic heterocycles. The largest absolute Gasteiger partial charge is 0.462 e. The van der Waals surface area contributed by atoms with E-state index < -0.39 is 22.4 Å². The van der Waals surface area contributed by atoms with E-state index in [0.29, 0.717) is 5.65 Å². The lowest BCUT2D eigenvalue weighted by Gasteiger charge is -2.14. The molecule has 0 atom stereocenters. The molecular weight excluding hydrogens is 470 g/mol. The molecule has 0 spiro atoms. The number of ether oxygens (including phenoxy) is 2. The van der Waals surface area contributed by atoms with Crippen LogP contribution in [0, 0.1) is 10.1 Å². The molecule has 0 bridgehead atoms. The van der Waals surface area contributed by atoms with Crippen LogP contribution in [0.15, 0.2) is 64.5 Å². The molecule has 4 aromatic rings. The van der Waals surface area contributed by atoms with Crippen molar-refractivity contribution < 1.29 is 24.0 Å². The van der Waals surface area contributed by atoms with Gasteiger partial charge in [0.15, 0.2) is 5.49 Å². The number of nitrogens with zero attached hydrogens (tertiary/aromatic N) is 5. The summed E-state index contributed by atoms with van der Waals surface area (Å²) in [4.78, 5) is 58.3. The first-order valence-electron chi connectivity index (χ1n) is 10.9. The quantitative estimate of drug-likeness (QED) is 0.165. The molecule has 1 amide bonds. The number of nitro benzene ring substituents is 1. The molecule has 0 radical (unpaired) electrons. The van der Waals surface area contributed by atoms with Crippen LogP contribution in [0.4, 0.5) is 5.69 Å². The minimum Gasteiger partial charge on any atom is -0.462 e. The maximum atomic E-state index is 13.3. The van der Waals surface area contributed by atoms with Crippen LogP contribution in [0.3, 0.4) is 0 Å². The highest BCUT2D eigenvalue weighted by molar-refractivity contribution is 5.97. The predicted molar refractivity (Wildman–Crippen MR) is 128 cm³/mol. The minimum absolute atomic E-state index is 0.0552. The average molecular weight is 491 g/mol. The van der Waals surface area contributed by atoms with Gasteiger partial charge in [-0.05, 0) is 37.3 Å². The molecule has 0 fully saturated rings. The van der Waals surface area contributed by atoms with Crippen molar-refractivity contribution in [1.82, 2.24) is 14.0 Å². The van der Waals surface area contributed by atoms with Crippen LogP contribution in [0.1, 0.15) is 27.6 Å². The van der Waals surface area contributed by atoms with Crippen LogP contribution < -0.4 is 11.0 Å². The third kappa shape index (κ3) is 4.61. The number of hydrogen-bond acceptors (Lipinski definition) is 8. The molecule has 4 rings (SSSR count). The molecule has 12 nitrogen and oxygen atoms in total. The molecule has 12 heteroatoms. The topological polar surface area (TPSA) is 147 Å². The zero-order valence-electron chi connectivity index (χ0n) is 19.4. The third-order valence-corrected chi connectivity index (χ3v) is 5.34. The average Bonchev–Trinajstić information content (AvgIpc) is 2.88. The van der Waals surface area contributed by atoms with Crippen LogP contribution in [0.2, 0.25) is 0 Å². The monoisotopic (exact) mass is 491 g/mol. The van der Waals surface area contributed by atoms with Gasteiger partial charge in [-0.3, -0.25) is 24.1 Å². The third-order valence-electron chi connectivity index (χ3n) is 5.34. The molecule has 0 N–H and O–H groups in total. The smallest absolute Gasteiger partial charge is 0.341 e. The van der Waals surface area contributed by atoms with Gasteiger partial charge in [0.2, 0.25) is 0 Å². The molecule has 0 aliphatic heterocycles. The number of carbonyl (C=O) groups excluding carboxylic acids is 2. The minimum atomic E-state index is -0.779. The number of rotatable bonds is 7. The Bertz CT molecular complexity index is 1620. The lowest BCUT2D eigenvalue weighted by atomic mass is 10.2. The van der Waals surface area contributed by atoms with Gasteiger partial charge < -0.3 is 14.0 Å². The molecule has 184 valence electrons. The Morgan fingerprint density at radius 1 is 1.17 bits per heavy atom. The number of aromatic nitrogens is 3. The Balaban J connectivity index is 2.05. The van der Waals surface area contributed by atoms with Crippen molar-refractivity contribution in [3.8, 4) is 0 Å². The Hall–Kier alpha value is -4.71.